The van der Waals surface area contributed by atoms with Crippen molar-refractivity contribution in [3.8, 4) is 11.5 Å². The summed E-state index contributed by atoms with van der Waals surface area (Å²) in [6.45, 7) is 4.40. The third-order valence-corrected chi connectivity index (χ3v) is 6.63. The van der Waals surface area contributed by atoms with E-state index >= 15 is 0 Å². The van der Waals surface area contributed by atoms with Crippen LogP contribution in [-0.2, 0) is 5.41 Å². The Morgan fingerprint density at radius 1 is 0.815 bits per heavy atom. The molecule has 2 rings (SSSR count). The van der Waals surface area contributed by atoms with E-state index in [1.165, 1.54) is 0 Å². The molecule has 5 nitrogen and oxygen atoms in total. The van der Waals surface area contributed by atoms with Gasteiger partial charge >= 0.3 is 137 Å². The average Bonchev–Trinajstić information content (AvgIpc) is 2.70. The molecule has 144 valence electrons. The van der Waals surface area contributed by atoms with Crippen LogP contribution in [0.4, 0.5) is 0 Å². The standard InChI is InChI=1S/C21H27O5.Tl/c1-15(23)13-25-19-8-4-16(5-9-19)21(2,3)17-6-10-20(11-7-17)26-14-18(24)12-22;/h4-11,15,18,22-24H,1,12-14H2,2-3H3;. The third-order valence-electron chi connectivity index (χ3n) is 4.52. The zero-order valence-electron chi connectivity index (χ0n) is 15.8. The average molecular weight is 564 g/mol. The molecule has 2 atom stereocenters. The number of aliphatic hydroxyl groups excluding tert-OH is 3. The summed E-state index contributed by atoms with van der Waals surface area (Å²) in [6.07, 6.45) is -1.24. The van der Waals surface area contributed by atoms with E-state index in [1.54, 1.807) is 0 Å². The van der Waals surface area contributed by atoms with Gasteiger partial charge in [0.25, 0.3) is 0 Å². The van der Waals surface area contributed by atoms with E-state index in [-0.39, 0.29) is 24.7 Å². The summed E-state index contributed by atoms with van der Waals surface area (Å²) in [5.41, 5.74) is 2.10. The molecule has 0 saturated carbocycles. The van der Waals surface area contributed by atoms with Gasteiger partial charge in [0.15, 0.2) is 0 Å². The maximum absolute atomic E-state index is 9.64. The summed E-state index contributed by atoms with van der Waals surface area (Å²) in [4.78, 5) is 0. The first-order valence-corrected chi connectivity index (χ1v) is 12.2. The molecule has 0 aliphatic carbocycles. The molecular formula is C21H27O5Tl. The quantitative estimate of drug-likeness (QED) is 0.386. The summed E-state index contributed by atoms with van der Waals surface area (Å²) in [7, 11) is 0. The number of hydrogen-bond donors (Lipinski definition) is 3. The van der Waals surface area contributed by atoms with Crippen molar-refractivity contribution in [2.45, 2.75) is 35.5 Å². The van der Waals surface area contributed by atoms with Crippen LogP contribution in [0.3, 0.4) is 0 Å². The first-order valence-electron chi connectivity index (χ1n) is 9.00. The number of aliphatic hydroxyl groups is 3. The Kier molecular flexibility index (Phi) is 8.53. The Morgan fingerprint density at radius 3 is 1.59 bits per heavy atom. The fourth-order valence-electron chi connectivity index (χ4n) is 2.61. The van der Waals surface area contributed by atoms with Crippen LogP contribution >= 0.6 is 0 Å². The summed E-state index contributed by atoms with van der Waals surface area (Å²) in [5, 5.41) is 27.8. The van der Waals surface area contributed by atoms with E-state index in [0.29, 0.717) is 12.4 Å². The normalized spacial score (nSPS) is 13.8. The molecule has 2 aromatic carbocycles. The number of benzene rings is 2. The number of rotatable bonds is 10. The second-order valence-corrected chi connectivity index (χ2v) is 8.85. The minimum atomic E-state index is -0.872. The molecule has 0 aliphatic rings. The van der Waals surface area contributed by atoms with Crippen LogP contribution in [0.15, 0.2) is 48.5 Å². The Balaban J connectivity index is 2.04. The molecule has 2 unspecified atom stereocenters. The molecule has 0 heterocycles. The number of ether oxygens (including phenoxy) is 2. The molecule has 0 fully saturated rings. The van der Waals surface area contributed by atoms with Crippen molar-refractivity contribution in [2.24, 2.45) is 0 Å². The Morgan fingerprint density at radius 2 is 1.22 bits per heavy atom. The van der Waals surface area contributed by atoms with Gasteiger partial charge in [0.1, 0.15) is 18.5 Å². The van der Waals surface area contributed by atoms with Crippen LogP contribution in [0.5, 0.6) is 11.5 Å². The van der Waals surface area contributed by atoms with Gasteiger partial charge in [-0.2, -0.15) is 0 Å². The van der Waals surface area contributed by atoms with Crippen molar-refractivity contribution in [1.29, 1.82) is 0 Å². The Hall–Kier alpha value is -1.16. The molecule has 0 amide bonds. The molecule has 6 heteroatoms. The van der Waals surface area contributed by atoms with Crippen molar-refractivity contribution >= 4 is 25.8 Å². The van der Waals surface area contributed by atoms with Crippen LogP contribution in [0.25, 0.3) is 0 Å². The molecule has 27 heavy (non-hydrogen) atoms. The van der Waals surface area contributed by atoms with Gasteiger partial charge in [-0.05, 0) is 0 Å². The van der Waals surface area contributed by atoms with E-state index in [4.69, 9.17) is 14.6 Å². The second kappa shape index (κ2) is 10.4. The van der Waals surface area contributed by atoms with E-state index in [9.17, 15) is 10.2 Å². The first-order chi connectivity index (χ1) is 12.9. The van der Waals surface area contributed by atoms with Crippen LogP contribution in [0, 0.1) is 0 Å². The van der Waals surface area contributed by atoms with Crippen molar-refractivity contribution in [1.82, 2.24) is 0 Å². The van der Waals surface area contributed by atoms with E-state index in [2.05, 4.69) is 13.8 Å². The van der Waals surface area contributed by atoms with Gasteiger partial charge in [-0.1, -0.05) is 0 Å². The zero-order chi connectivity index (χ0) is 19.9. The Labute approximate surface area is 176 Å². The SMILES string of the molecule is CC(C)(c1ccc(OCC(O)CO)cc1)c1ccc(OCC(O)[CH2][Tl])cc1. The summed E-state index contributed by atoms with van der Waals surface area (Å²) in [6, 6.07) is 15.7. The van der Waals surface area contributed by atoms with Gasteiger partial charge in [-0.3, -0.25) is 0 Å². The van der Waals surface area contributed by atoms with E-state index < -0.39 is 6.10 Å². The van der Waals surface area contributed by atoms with Gasteiger partial charge in [0.05, 0.1) is 6.61 Å². The van der Waals surface area contributed by atoms with Gasteiger partial charge in [0, 0.05) is 0 Å². The van der Waals surface area contributed by atoms with E-state index in [0.717, 1.165) is 46.6 Å². The van der Waals surface area contributed by atoms with Crippen molar-refractivity contribution in [2.75, 3.05) is 19.8 Å². The van der Waals surface area contributed by atoms with Crippen LogP contribution < -0.4 is 9.47 Å². The zero-order valence-corrected chi connectivity index (χ0v) is 20.3. The topological polar surface area (TPSA) is 79.2 Å². The second-order valence-electron chi connectivity index (χ2n) is 7.02. The molecule has 0 radical (unpaired) electrons. The summed E-state index contributed by atoms with van der Waals surface area (Å²) < 4.78 is 11.9. The fourth-order valence-corrected chi connectivity index (χ4v) is 3.14. The van der Waals surface area contributed by atoms with Crippen LogP contribution in [-0.4, -0.2) is 73.1 Å². The molecule has 0 spiro atoms. The van der Waals surface area contributed by atoms with Crippen LogP contribution in [0.1, 0.15) is 25.0 Å². The van der Waals surface area contributed by atoms with Gasteiger partial charge in [-0.15, -0.1) is 0 Å². The molecule has 2 aromatic rings. The molecule has 0 saturated heterocycles. The van der Waals surface area contributed by atoms with E-state index in [1.807, 2.05) is 48.5 Å². The first kappa shape index (κ1) is 22.1. The van der Waals surface area contributed by atoms with Crippen molar-refractivity contribution in [3.63, 3.8) is 0 Å². The Bertz CT molecular complexity index is 625. The third kappa shape index (κ3) is 6.45. The molecule has 0 aliphatic heterocycles. The summed E-state index contributed by atoms with van der Waals surface area (Å²) in [5.74, 6) is 1.42. The number of hydrogen-bond acceptors (Lipinski definition) is 5. The van der Waals surface area contributed by atoms with Crippen LogP contribution in [0.2, 0.25) is 3.98 Å². The predicted molar refractivity (Wildman–Crippen MR) is 106 cm³/mol. The fraction of sp³-hybridized carbons (Fsp3) is 0.429. The molecular weight excluding hydrogens is 537 g/mol. The monoisotopic (exact) mass is 564 g/mol. The molecule has 0 aromatic heterocycles. The predicted octanol–water partition coefficient (Wildman–Crippen LogP) is 2.07. The molecule has 3 N–H and O–H groups in total. The maximum atomic E-state index is 9.64. The minimum absolute atomic E-state index is 0.0655. The van der Waals surface area contributed by atoms with Crippen molar-refractivity contribution in [3.05, 3.63) is 59.7 Å². The van der Waals surface area contributed by atoms with Gasteiger partial charge in [-0.25, -0.2) is 0 Å². The van der Waals surface area contributed by atoms with Gasteiger partial charge < -0.3 is 14.9 Å². The van der Waals surface area contributed by atoms with Crippen molar-refractivity contribution < 1.29 is 24.8 Å². The van der Waals surface area contributed by atoms with Gasteiger partial charge in [0.2, 0.25) is 0 Å². The summed E-state index contributed by atoms with van der Waals surface area (Å²) >= 11 is 0.772. The molecule has 0 bridgehead atoms.